The van der Waals surface area contributed by atoms with Gasteiger partial charge in [-0.2, -0.15) is 5.26 Å². The summed E-state index contributed by atoms with van der Waals surface area (Å²) in [7, 11) is 1.46. The van der Waals surface area contributed by atoms with E-state index in [-0.39, 0.29) is 5.69 Å². The van der Waals surface area contributed by atoms with Crippen LogP contribution in [0, 0.1) is 28.4 Å². The first-order valence-electron chi connectivity index (χ1n) is 9.42. The number of nitro groups is 1. The van der Waals surface area contributed by atoms with Crippen LogP contribution in [-0.2, 0) is 6.42 Å². The van der Waals surface area contributed by atoms with Crippen molar-refractivity contribution in [1.82, 2.24) is 9.38 Å². The summed E-state index contributed by atoms with van der Waals surface area (Å²) in [6.45, 7) is 3.87. The minimum Gasteiger partial charge on any atom is -0.496 e. The SMILES string of the molecule is CCc1c(C)c(C#N)c2nc3ccccc3n2c1Nc1ccc(OC)cc1[N+](=O)[O-]. The number of benzene rings is 2. The normalized spacial score (nSPS) is 10.9. The highest BCUT2D eigenvalue weighted by Crippen LogP contribution is 2.36. The molecule has 0 aliphatic rings. The predicted octanol–water partition coefficient (Wildman–Crippen LogP) is 4.89. The van der Waals surface area contributed by atoms with Crippen LogP contribution in [0.2, 0.25) is 0 Å². The summed E-state index contributed by atoms with van der Waals surface area (Å²) >= 11 is 0. The van der Waals surface area contributed by atoms with E-state index in [1.807, 2.05) is 42.5 Å². The lowest BCUT2D eigenvalue weighted by Crippen LogP contribution is -2.08. The Bertz CT molecular complexity index is 1350. The topological polar surface area (TPSA) is 105 Å². The molecule has 0 saturated carbocycles. The van der Waals surface area contributed by atoms with Crippen LogP contribution in [0.25, 0.3) is 16.7 Å². The first-order valence-corrected chi connectivity index (χ1v) is 9.42. The van der Waals surface area contributed by atoms with E-state index in [0.29, 0.717) is 34.9 Å². The van der Waals surface area contributed by atoms with Crippen LogP contribution in [0.1, 0.15) is 23.6 Å². The number of aromatic nitrogens is 2. The number of para-hydroxylation sites is 2. The number of anilines is 2. The zero-order valence-corrected chi connectivity index (χ0v) is 16.8. The molecule has 0 aliphatic heterocycles. The lowest BCUT2D eigenvalue weighted by atomic mass is 10.0. The van der Waals surface area contributed by atoms with Crippen LogP contribution in [-0.4, -0.2) is 21.4 Å². The van der Waals surface area contributed by atoms with Gasteiger partial charge in [-0.1, -0.05) is 19.1 Å². The molecule has 30 heavy (non-hydrogen) atoms. The number of nitriles is 1. The van der Waals surface area contributed by atoms with Crippen molar-refractivity contribution < 1.29 is 9.66 Å². The standard InChI is InChI=1S/C22H19N5O3/c1-4-15-13(2)16(12-23)22-24-17-7-5-6-8-19(17)26(22)21(15)25-18-10-9-14(30-3)11-20(18)27(28)29/h5-11,25H,4H2,1-3H3. The number of nitrogens with one attached hydrogen (secondary N) is 1. The molecule has 4 aromatic rings. The van der Waals surface area contributed by atoms with Crippen LogP contribution in [0.3, 0.4) is 0 Å². The molecule has 8 heteroatoms. The molecule has 0 saturated heterocycles. The van der Waals surface area contributed by atoms with E-state index in [1.165, 1.54) is 13.2 Å². The number of ether oxygens (including phenoxy) is 1. The second kappa shape index (κ2) is 7.37. The maximum atomic E-state index is 11.7. The third kappa shape index (κ3) is 2.88. The fourth-order valence-electron chi connectivity index (χ4n) is 3.77. The van der Waals surface area contributed by atoms with Crippen LogP contribution < -0.4 is 10.1 Å². The van der Waals surface area contributed by atoms with Crippen LogP contribution in [0.5, 0.6) is 5.75 Å². The maximum absolute atomic E-state index is 11.7. The van der Waals surface area contributed by atoms with E-state index in [0.717, 1.165) is 22.2 Å². The lowest BCUT2D eigenvalue weighted by molar-refractivity contribution is -0.384. The number of pyridine rings is 1. The molecule has 2 heterocycles. The van der Waals surface area contributed by atoms with E-state index < -0.39 is 4.92 Å². The monoisotopic (exact) mass is 401 g/mol. The molecule has 150 valence electrons. The molecule has 0 unspecified atom stereocenters. The predicted molar refractivity (Wildman–Crippen MR) is 114 cm³/mol. The van der Waals surface area contributed by atoms with Gasteiger partial charge in [-0.05, 0) is 48.7 Å². The van der Waals surface area contributed by atoms with Crippen molar-refractivity contribution in [3.05, 3.63) is 69.3 Å². The average Bonchev–Trinajstić information content (AvgIpc) is 3.13. The highest BCUT2D eigenvalue weighted by atomic mass is 16.6. The van der Waals surface area contributed by atoms with Crippen molar-refractivity contribution in [2.24, 2.45) is 0 Å². The van der Waals surface area contributed by atoms with E-state index in [2.05, 4.69) is 16.4 Å². The lowest BCUT2D eigenvalue weighted by Gasteiger charge is -2.18. The highest BCUT2D eigenvalue weighted by Gasteiger charge is 2.22. The second-order valence-corrected chi connectivity index (χ2v) is 6.82. The van der Waals surface area contributed by atoms with Crippen molar-refractivity contribution in [2.75, 3.05) is 12.4 Å². The summed E-state index contributed by atoms with van der Waals surface area (Å²) in [5.74, 6) is 1.06. The largest absolute Gasteiger partial charge is 0.496 e. The summed E-state index contributed by atoms with van der Waals surface area (Å²) in [6, 6.07) is 14.5. The molecule has 2 aromatic carbocycles. The first-order chi connectivity index (χ1) is 14.5. The zero-order chi connectivity index (χ0) is 21.4. The number of nitro benzene ring substituents is 1. The van der Waals surface area contributed by atoms with E-state index in [9.17, 15) is 15.4 Å². The molecular weight excluding hydrogens is 382 g/mol. The maximum Gasteiger partial charge on any atom is 0.296 e. The number of imidazole rings is 1. The van der Waals surface area contributed by atoms with Gasteiger partial charge in [0.15, 0.2) is 5.65 Å². The Labute approximate surface area is 172 Å². The van der Waals surface area contributed by atoms with Gasteiger partial charge in [0.05, 0.1) is 34.7 Å². The molecule has 1 N–H and O–H groups in total. The van der Waals surface area contributed by atoms with Gasteiger partial charge in [0, 0.05) is 0 Å². The van der Waals surface area contributed by atoms with Gasteiger partial charge in [0.25, 0.3) is 5.69 Å². The number of hydrogen-bond acceptors (Lipinski definition) is 6. The molecular formula is C22H19N5O3. The second-order valence-electron chi connectivity index (χ2n) is 6.82. The molecule has 0 amide bonds. The van der Waals surface area contributed by atoms with Crippen LogP contribution in [0.4, 0.5) is 17.2 Å². The first kappa shape index (κ1) is 19.2. The van der Waals surface area contributed by atoms with Gasteiger partial charge in [-0.25, -0.2) is 4.98 Å². The number of rotatable bonds is 5. The van der Waals surface area contributed by atoms with Gasteiger partial charge in [0.1, 0.15) is 23.3 Å². The Balaban J connectivity index is 2.07. The number of fused-ring (bicyclic) bond motifs is 3. The molecule has 0 radical (unpaired) electrons. The Kier molecular flexibility index (Phi) is 4.72. The van der Waals surface area contributed by atoms with Crippen molar-refractivity contribution >= 4 is 33.9 Å². The van der Waals surface area contributed by atoms with Crippen molar-refractivity contribution in [3.8, 4) is 11.8 Å². The van der Waals surface area contributed by atoms with Gasteiger partial charge in [0.2, 0.25) is 0 Å². The van der Waals surface area contributed by atoms with Crippen LogP contribution in [0.15, 0.2) is 42.5 Å². The molecule has 0 atom stereocenters. The fraction of sp³-hybridized carbons (Fsp3) is 0.182. The summed E-state index contributed by atoms with van der Waals surface area (Å²) in [5, 5.41) is 24.7. The zero-order valence-electron chi connectivity index (χ0n) is 16.8. The smallest absolute Gasteiger partial charge is 0.296 e. The Morgan fingerprint density at radius 3 is 2.73 bits per heavy atom. The Hall–Kier alpha value is -4.12. The average molecular weight is 401 g/mol. The fourth-order valence-corrected chi connectivity index (χ4v) is 3.77. The van der Waals surface area contributed by atoms with E-state index in [4.69, 9.17) is 4.74 Å². The molecule has 0 fully saturated rings. The third-order valence-electron chi connectivity index (χ3n) is 5.24. The van der Waals surface area contributed by atoms with Crippen LogP contribution >= 0.6 is 0 Å². The van der Waals surface area contributed by atoms with Gasteiger partial charge in [-0.15, -0.1) is 0 Å². The van der Waals surface area contributed by atoms with Crippen molar-refractivity contribution in [2.45, 2.75) is 20.3 Å². The Morgan fingerprint density at radius 2 is 2.07 bits per heavy atom. The summed E-state index contributed by atoms with van der Waals surface area (Å²) in [6.07, 6.45) is 0.634. The van der Waals surface area contributed by atoms with Gasteiger partial charge < -0.3 is 10.1 Å². The summed E-state index contributed by atoms with van der Waals surface area (Å²) in [5.41, 5.74) is 4.51. The molecule has 2 aromatic heterocycles. The molecule has 4 rings (SSSR count). The quantitative estimate of drug-likeness (QED) is 0.377. The number of nitrogens with zero attached hydrogens (tertiary/aromatic N) is 4. The number of hydrogen-bond donors (Lipinski definition) is 1. The van der Waals surface area contributed by atoms with Gasteiger partial charge >= 0.3 is 0 Å². The molecule has 0 aliphatic carbocycles. The third-order valence-corrected chi connectivity index (χ3v) is 5.24. The van der Waals surface area contributed by atoms with Crippen molar-refractivity contribution in [3.63, 3.8) is 0 Å². The number of methoxy groups -OCH3 is 1. The van der Waals surface area contributed by atoms with Gasteiger partial charge in [-0.3, -0.25) is 14.5 Å². The molecule has 0 spiro atoms. The molecule has 0 bridgehead atoms. The highest BCUT2D eigenvalue weighted by molar-refractivity contribution is 5.87. The summed E-state index contributed by atoms with van der Waals surface area (Å²) in [4.78, 5) is 15.9. The summed E-state index contributed by atoms with van der Waals surface area (Å²) < 4.78 is 7.01. The minimum atomic E-state index is -0.448. The van der Waals surface area contributed by atoms with E-state index in [1.54, 1.807) is 12.1 Å². The minimum absolute atomic E-state index is 0.101. The van der Waals surface area contributed by atoms with E-state index >= 15 is 0 Å². The van der Waals surface area contributed by atoms with Crippen molar-refractivity contribution in [1.29, 1.82) is 5.26 Å². The molecule has 8 nitrogen and oxygen atoms in total. The Morgan fingerprint density at radius 1 is 1.30 bits per heavy atom.